The Balaban J connectivity index is 1.66. The second-order valence-corrected chi connectivity index (χ2v) is 7.03. The number of para-hydroxylation sites is 2. The summed E-state index contributed by atoms with van der Waals surface area (Å²) in [7, 11) is 3.32. The van der Waals surface area contributed by atoms with Gasteiger partial charge < -0.3 is 24.0 Å². The molecule has 0 spiro atoms. The summed E-state index contributed by atoms with van der Waals surface area (Å²) in [5.74, 6) is 1.65. The maximum atomic E-state index is 13.0. The summed E-state index contributed by atoms with van der Waals surface area (Å²) in [6.45, 7) is 6.09. The molecule has 0 unspecified atom stereocenters. The lowest BCUT2D eigenvalue weighted by atomic mass is 10.1. The fraction of sp³-hybridized carbons (Fsp3) is 0.435. The SMILES string of the molecule is CCCOCc1cc(C(=O)N2CCN(c3ccccc3OC)CC2)ccc1OC. The Kier molecular flexibility index (Phi) is 7.36. The van der Waals surface area contributed by atoms with Crippen LogP contribution in [0.3, 0.4) is 0 Å². The van der Waals surface area contributed by atoms with Gasteiger partial charge in [0.1, 0.15) is 11.5 Å². The molecule has 1 heterocycles. The molecular formula is C23H30N2O4. The van der Waals surface area contributed by atoms with Crippen molar-refractivity contribution in [1.29, 1.82) is 0 Å². The van der Waals surface area contributed by atoms with Crippen LogP contribution in [0.15, 0.2) is 42.5 Å². The summed E-state index contributed by atoms with van der Waals surface area (Å²) in [4.78, 5) is 17.2. The molecule has 2 aromatic rings. The number of amides is 1. The topological polar surface area (TPSA) is 51.2 Å². The molecule has 2 aromatic carbocycles. The normalized spacial score (nSPS) is 14.0. The minimum atomic E-state index is 0.0454. The minimum Gasteiger partial charge on any atom is -0.496 e. The average molecular weight is 399 g/mol. The maximum Gasteiger partial charge on any atom is 0.253 e. The molecule has 1 saturated heterocycles. The number of carbonyl (C=O) groups is 1. The second-order valence-electron chi connectivity index (χ2n) is 7.03. The molecule has 0 bridgehead atoms. The number of piperazine rings is 1. The van der Waals surface area contributed by atoms with Crippen LogP contribution in [0.2, 0.25) is 0 Å². The zero-order valence-corrected chi connectivity index (χ0v) is 17.5. The van der Waals surface area contributed by atoms with Crippen LogP contribution in [-0.2, 0) is 11.3 Å². The van der Waals surface area contributed by atoms with Gasteiger partial charge in [0.05, 0.1) is 26.5 Å². The lowest BCUT2D eigenvalue weighted by Gasteiger charge is -2.36. The monoisotopic (exact) mass is 398 g/mol. The third-order valence-corrected chi connectivity index (χ3v) is 5.13. The van der Waals surface area contributed by atoms with Crippen LogP contribution >= 0.6 is 0 Å². The van der Waals surface area contributed by atoms with E-state index >= 15 is 0 Å². The summed E-state index contributed by atoms with van der Waals surface area (Å²) in [5, 5.41) is 0. The third kappa shape index (κ3) is 5.01. The number of anilines is 1. The summed E-state index contributed by atoms with van der Waals surface area (Å²) < 4.78 is 16.5. The standard InChI is InChI=1S/C23H30N2O4/c1-4-15-29-17-19-16-18(9-10-21(19)27-2)23(26)25-13-11-24(12-14-25)20-7-5-6-8-22(20)28-3/h5-10,16H,4,11-15,17H2,1-3H3. The van der Waals surface area contributed by atoms with Crippen molar-refractivity contribution in [1.82, 2.24) is 4.90 Å². The van der Waals surface area contributed by atoms with Crippen molar-refractivity contribution in [2.75, 3.05) is 51.9 Å². The first kappa shape index (κ1) is 21.0. The highest BCUT2D eigenvalue weighted by atomic mass is 16.5. The number of hydrogen-bond donors (Lipinski definition) is 0. The number of carbonyl (C=O) groups excluding carboxylic acids is 1. The van der Waals surface area contributed by atoms with Gasteiger partial charge in [0.25, 0.3) is 5.91 Å². The smallest absolute Gasteiger partial charge is 0.253 e. The molecule has 6 nitrogen and oxygen atoms in total. The number of methoxy groups -OCH3 is 2. The highest BCUT2D eigenvalue weighted by Crippen LogP contribution is 2.29. The number of rotatable bonds is 8. The van der Waals surface area contributed by atoms with Crippen LogP contribution in [-0.4, -0.2) is 57.8 Å². The molecule has 156 valence electrons. The van der Waals surface area contributed by atoms with Gasteiger partial charge in [-0.25, -0.2) is 0 Å². The van der Waals surface area contributed by atoms with E-state index in [-0.39, 0.29) is 5.91 Å². The molecule has 1 amide bonds. The van der Waals surface area contributed by atoms with Crippen LogP contribution in [0.25, 0.3) is 0 Å². The van der Waals surface area contributed by atoms with Crippen molar-refractivity contribution >= 4 is 11.6 Å². The molecule has 29 heavy (non-hydrogen) atoms. The Labute approximate surface area is 173 Å². The number of nitrogens with zero attached hydrogens (tertiary/aromatic N) is 2. The van der Waals surface area contributed by atoms with E-state index < -0.39 is 0 Å². The largest absolute Gasteiger partial charge is 0.496 e. The van der Waals surface area contributed by atoms with E-state index in [1.54, 1.807) is 14.2 Å². The molecule has 3 rings (SSSR count). The predicted octanol–water partition coefficient (Wildman–Crippen LogP) is 3.59. The lowest BCUT2D eigenvalue weighted by molar-refractivity contribution is 0.0746. The van der Waals surface area contributed by atoms with E-state index in [4.69, 9.17) is 14.2 Å². The zero-order chi connectivity index (χ0) is 20.6. The van der Waals surface area contributed by atoms with Crippen molar-refractivity contribution in [2.45, 2.75) is 20.0 Å². The number of benzene rings is 2. The van der Waals surface area contributed by atoms with E-state index in [1.807, 2.05) is 41.3 Å². The molecule has 0 aliphatic carbocycles. The van der Waals surface area contributed by atoms with Crippen molar-refractivity contribution in [2.24, 2.45) is 0 Å². The van der Waals surface area contributed by atoms with Crippen molar-refractivity contribution in [3.63, 3.8) is 0 Å². The molecule has 1 aliphatic heterocycles. The van der Waals surface area contributed by atoms with Crippen LogP contribution in [0.5, 0.6) is 11.5 Å². The Hall–Kier alpha value is -2.73. The van der Waals surface area contributed by atoms with Gasteiger partial charge in [0.2, 0.25) is 0 Å². The Morgan fingerprint density at radius 2 is 1.69 bits per heavy atom. The lowest BCUT2D eigenvalue weighted by Crippen LogP contribution is -2.48. The van der Waals surface area contributed by atoms with Gasteiger partial charge in [-0.15, -0.1) is 0 Å². The van der Waals surface area contributed by atoms with E-state index in [9.17, 15) is 4.79 Å². The fourth-order valence-electron chi connectivity index (χ4n) is 3.57. The molecule has 1 aliphatic rings. The summed E-state index contributed by atoms with van der Waals surface area (Å²) in [6, 6.07) is 13.6. The summed E-state index contributed by atoms with van der Waals surface area (Å²) in [5.41, 5.74) is 2.65. The van der Waals surface area contributed by atoms with Crippen LogP contribution in [0, 0.1) is 0 Å². The van der Waals surface area contributed by atoms with E-state index in [1.165, 1.54) is 0 Å². The molecule has 0 radical (unpaired) electrons. The molecule has 0 aromatic heterocycles. The average Bonchev–Trinajstić information content (AvgIpc) is 2.78. The molecule has 6 heteroatoms. The number of ether oxygens (including phenoxy) is 3. The summed E-state index contributed by atoms with van der Waals surface area (Å²) >= 11 is 0. The molecule has 0 saturated carbocycles. The zero-order valence-electron chi connectivity index (χ0n) is 17.5. The molecule has 0 atom stereocenters. The van der Waals surface area contributed by atoms with Crippen LogP contribution in [0.4, 0.5) is 5.69 Å². The number of hydrogen-bond acceptors (Lipinski definition) is 5. The van der Waals surface area contributed by atoms with Gasteiger partial charge in [-0.05, 0) is 36.8 Å². The van der Waals surface area contributed by atoms with Crippen molar-refractivity contribution in [3.8, 4) is 11.5 Å². The second kappa shape index (κ2) is 10.2. The van der Waals surface area contributed by atoms with Gasteiger partial charge in [0.15, 0.2) is 0 Å². The van der Waals surface area contributed by atoms with Crippen molar-refractivity contribution in [3.05, 3.63) is 53.6 Å². The van der Waals surface area contributed by atoms with Gasteiger partial charge in [-0.2, -0.15) is 0 Å². The van der Waals surface area contributed by atoms with Gasteiger partial charge in [-0.3, -0.25) is 4.79 Å². The van der Waals surface area contributed by atoms with Crippen molar-refractivity contribution < 1.29 is 19.0 Å². The first-order valence-corrected chi connectivity index (χ1v) is 10.1. The first-order chi connectivity index (χ1) is 14.2. The third-order valence-electron chi connectivity index (χ3n) is 5.13. The summed E-state index contributed by atoms with van der Waals surface area (Å²) in [6.07, 6.45) is 0.956. The van der Waals surface area contributed by atoms with E-state index in [0.717, 1.165) is 42.3 Å². The Morgan fingerprint density at radius 3 is 2.38 bits per heavy atom. The highest BCUT2D eigenvalue weighted by molar-refractivity contribution is 5.94. The molecular weight excluding hydrogens is 368 g/mol. The predicted molar refractivity (Wildman–Crippen MR) is 114 cm³/mol. The molecule has 0 N–H and O–H groups in total. The maximum absolute atomic E-state index is 13.0. The Morgan fingerprint density at radius 1 is 0.966 bits per heavy atom. The Bertz CT molecular complexity index is 816. The quantitative estimate of drug-likeness (QED) is 0.636. The molecule has 1 fully saturated rings. The fourth-order valence-corrected chi connectivity index (χ4v) is 3.57. The van der Waals surface area contributed by atoms with Gasteiger partial charge >= 0.3 is 0 Å². The van der Waals surface area contributed by atoms with E-state index in [0.29, 0.717) is 31.9 Å². The first-order valence-electron chi connectivity index (χ1n) is 10.1. The van der Waals surface area contributed by atoms with Gasteiger partial charge in [0, 0.05) is 43.9 Å². The van der Waals surface area contributed by atoms with Crippen LogP contribution in [0.1, 0.15) is 29.3 Å². The van der Waals surface area contributed by atoms with E-state index in [2.05, 4.69) is 17.9 Å². The van der Waals surface area contributed by atoms with Crippen LogP contribution < -0.4 is 14.4 Å². The minimum absolute atomic E-state index is 0.0454. The highest BCUT2D eigenvalue weighted by Gasteiger charge is 2.24. The van der Waals surface area contributed by atoms with Gasteiger partial charge in [-0.1, -0.05) is 19.1 Å².